The molecule has 1 saturated carbocycles. The predicted molar refractivity (Wildman–Crippen MR) is 206 cm³/mol. The maximum absolute atomic E-state index is 14.9. The summed E-state index contributed by atoms with van der Waals surface area (Å²) in [6.45, 7) is 7.78. The van der Waals surface area contributed by atoms with Gasteiger partial charge in [-0.05, 0) is 81.3 Å². The molecule has 1 aliphatic carbocycles. The maximum atomic E-state index is 14.9. The number of urea groups is 1. The fourth-order valence-electron chi connectivity index (χ4n) is 7.95. The summed E-state index contributed by atoms with van der Waals surface area (Å²) in [7, 11) is 0. The Morgan fingerprint density at radius 2 is 1.61 bits per heavy atom. The van der Waals surface area contributed by atoms with Crippen molar-refractivity contribution < 1.29 is 37.3 Å². The molecule has 300 valence electrons. The molecule has 57 heavy (non-hydrogen) atoms. The molecule has 3 atom stereocenters. The van der Waals surface area contributed by atoms with E-state index in [1.807, 2.05) is 50.2 Å². The van der Waals surface area contributed by atoms with Crippen molar-refractivity contribution in [1.29, 1.82) is 0 Å². The van der Waals surface area contributed by atoms with E-state index in [-0.39, 0.29) is 43.3 Å². The van der Waals surface area contributed by atoms with E-state index in [0.29, 0.717) is 12.3 Å². The van der Waals surface area contributed by atoms with Gasteiger partial charge in [0.1, 0.15) is 48.5 Å². The number of oxazole rings is 1. The summed E-state index contributed by atoms with van der Waals surface area (Å²) in [4.78, 5) is 28.9. The van der Waals surface area contributed by atoms with E-state index in [0.717, 1.165) is 62.1 Å². The molecule has 2 amide bonds. The molecular weight excluding hydrogens is 738 g/mol. The van der Waals surface area contributed by atoms with Crippen LogP contribution in [0.2, 0.25) is 0 Å². The lowest BCUT2D eigenvalue weighted by molar-refractivity contribution is -0.117. The standard InChI is InChI=1S/C38H43F2N7O5.C3H3NO/c1-26(2)47-36(48)46(22-38(47,49)27-3-4-27)31-8-6-29(7-9-31)43-15-17-44(18-16-43)30-10-12-32(13-11-30)50-20-35-51-23-37(52-35,21-45-25-41-24-42-45)33-14-5-28(39)19-34(33)40;1-2-5-3-4-1/h5-14,19,24-27,35,49H,3-4,15-18,20-23H2,1-2H3;1-3H/t35-,37+,38?;/m0./s1. The lowest BCUT2D eigenvalue weighted by Gasteiger charge is -2.37. The Morgan fingerprint density at radius 1 is 0.930 bits per heavy atom. The van der Waals surface area contributed by atoms with Gasteiger partial charge in [-0.3, -0.25) is 9.80 Å². The van der Waals surface area contributed by atoms with Crippen LogP contribution in [0.4, 0.5) is 30.6 Å². The van der Waals surface area contributed by atoms with Crippen molar-refractivity contribution in [3.63, 3.8) is 0 Å². The van der Waals surface area contributed by atoms with E-state index in [1.54, 1.807) is 16.0 Å². The molecule has 2 aromatic heterocycles. The Balaban J connectivity index is 0.000000846. The number of aromatic nitrogens is 4. The highest BCUT2D eigenvalue weighted by Gasteiger charge is 2.57. The SMILES string of the molecule is CC(C)N1C(=O)N(c2ccc(N3CCN(c4ccc(OC[C@H]5OC[C@](Cn6cncn6)(c6ccc(F)cc6F)O5)cc4)CC3)cc2)CC1(O)C1CC1.c1cocn1. The number of anilines is 3. The molecule has 5 heterocycles. The van der Waals surface area contributed by atoms with Gasteiger partial charge in [-0.15, -0.1) is 0 Å². The van der Waals surface area contributed by atoms with Gasteiger partial charge in [0, 0.05) is 66.8 Å². The third-order valence-electron chi connectivity index (χ3n) is 10.9. The minimum absolute atomic E-state index is 0.0262. The van der Waals surface area contributed by atoms with E-state index in [1.165, 1.54) is 42.1 Å². The Labute approximate surface area is 329 Å². The van der Waals surface area contributed by atoms with E-state index >= 15 is 0 Å². The molecule has 4 fully saturated rings. The second-order valence-electron chi connectivity index (χ2n) is 15.0. The van der Waals surface area contributed by atoms with Crippen LogP contribution in [0.3, 0.4) is 0 Å². The van der Waals surface area contributed by atoms with Crippen LogP contribution in [0.5, 0.6) is 5.75 Å². The highest BCUT2D eigenvalue weighted by molar-refractivity contribution is 5.95. The number of piperazine rings is 1. The highest BCUT2D eigenvalue weighted by atomic mass is 19.1. The summed E-state index contributed by atoms with van der Waals surface area (Å²) < 4.78 is 52.8. The average Bonchev–Trinajstić information content (AvgIpc) is 3.57. The van der Waals surface area contributed by atoms with Crippen LogP contribution in [0.25, 0.3) is 0 Å². The molecule has 4 aliphatic rings. The first kappa shape index (κ1) is 38.3. The van der Waals surface area contributed by atoms with Gasteiger partial charge in [0.25, 0.3) is 0 Å². The topological polar surface area (TPSA) is 135 Å². The third kappa shape index (κ3) is 8.15. The largest absolute Gasteiger partial charge is 0.488 e. The number of β-amino-alcohol motifs (C(OH)–C–C–N with tert-alkyl or cyclic N) is 1. The van der Waals surface area contributed by atoms with Gasteiger partial charge in [0.15, 0.2) is 18.4 Å². The van der Waals surface area contributed by atoms with E-state index in [9.17, 15) is 18.7 Å². The molecule has 9 rings (SSSR count). The van der Waals surface area contributed by atoms with Crippen LogP contribution in [0.15, 0.2) is 103 Å². The molecule has 5 aromatic rings. The molecule has 0 bridgehead atoms. The van der Waals surface area contributed by atoms with Crippen LogP contribution in [-0.4, -0.2) is 99.8 Å². The molecule has 3 saturated heterocycles. The number of carbonyl (C=O) groups excluding carboxylic acids is 1. The van der Waals surface area contributed by atoms with Crippen molar-refractivity contribution in [3.05, 3.63) is 115 Å². The summed E-state index contributed by atoms with van der Waals surface area (Å²) in [6.07, 6.45) is 8.47. The number of nitrogens with zero attached hydrogens (tertiary/aromatic N) is 8. The quantitative estimate of drug-likeness (QED) is 0.178. The number of amides is 2. The number of hydrogen-bond acceptors (Lipinski definition) is 11. The summed E-state index contributed by atoms with van der Waals surface area (Å²) in [5, 5.41) is 15.6. The zero-order valence-electron chi connectivity index (χ0n) is 31.9. The molecule has 0 radical (unpaired) electrons. The van der Waals surface area contributed by atoms with Crippen LogP contribution < -0.4 is 19.4 Å². The van der Waals surface area contributed by atoms with Gasteiger partial charge < -0.3 is 33.5 Å². The smallest absolute Gasteiger partial charge is 0.327 e. The lowest BCUT2D eigenvalue weighted by atomic mass is 9.94. The molecule has 16 heteroatoms. The van der Waals surface area contributed by atoms with Gasteiger partial charge in [-0.2, -0.15) is 5.10 Å². The molecule has 3 aliphatic heterocycles. The normalized spacial score (nSPS) is 23.6. The fraction of sp³-hybridized carbons (Fsp3) is 0.415. The minimum atomic E-state index is -1.24. The van der Waals surface area contributed by atoms with E-state index < -0.39 is 29.3 Å². The molecule has 1 N–H and O–H groups in total. The summed E-state index contributed by atoms with van der Waals surface area (Å²) in [6, 6.07) is 19.1. The summed E-state index contributed by atoms with van der Waals surface area (Å²) in [5.41, 5.74) is 0.812. The number of halogens is 2. The Bertz CT molecular complexity index is 2060. The number of aliphatic hydroxyl groups is 1. The van der Waals surface area contributed by atoms with Gasteiger partial charge in [-0.1, -0.05) is 6.07 Å². The van der Waals surface area contributed by atoms with E-state index in [4.69, 9.17) is 14.2 Å². The number of rotatable bonds is 11. The monoisotopic (exact) mass is 784 g/mol. The van der Waals surface area contributed by atoms with Crippen molar-refractivity contribution in [1.82, 2.24) is 24.6 Å². The lowest BCUT2D eigenvalue weighted by Crippen LogP contribution is -2.52. The molecule has 14 nitrogen and oxygen atoms in total. The van der Waals surface area contributed by atoms with Gasteiger partial charge in [0.2, 0.25) is 0 Å². The number of benzene rings is 3. The number of hydrogen-bond donors (Lipinski definition) is 1. The Morgan fingerprint density at radius 3 is 2.18 bits per heavy atom. The molecule has 3 aromatic carbocycles. The van der Waals surface area contributed by atoms with E-state index in [2.05, 4.69) is 41.4 Å². The Hall–Kier alpha value is -5.58. The Kier molecular flexibility index (Phi) is 10.8. The van der Waals surface area contributed by atoms with Crippen LogP contribution in [0, 0.1) is 17.6 Å². The highest BCUT2D eigenvalue weighted by Crippen LogP contribution is 2.47. The first-order valence-corrected chi connectivity index (χ1v) is 19.2. The van der Waals surface area contributed by atoms with Crippen LogP contribution in [-0.2, 0) is 21.6 Å². The molecule has 0 spiro atoms. The van der Waals surface area contributed by atoms with Gasteiger partial charge >= 0.3 is 6.03 Å². The zero-order valence-corrected chi connectivity index (χ0v) is 31.9. The van der Waals surface area contributed by atoms with Crippen LogP contribution >= 0.6 is 0 Å². The zero-order chi connectivity index (χ0) is 39.6. The third-order valence-corrected chi connectivity index (χ3v) is 10.9. The molecule has 1 unspecified atom stereocenters. The number of ether oxygens (including phenoxy) is 3. The van der Waals surface area contributed by atoms with Crippen molar-refractivity contribution in [3.8, 4) is 5.75 Å². The second kappa shape index (κ2) is 16.1. The van der Waals surface area contributed by atoms with Crippen molar-refractivity contribution in [2.24, 2.45) is 5.92 Å². The minimum Gasteiger partial charge on any atom is -0.488 e. The predicted octanol–water partition coefficient (Wildman–Crippen LogP) is 5.65. The van der Waals surface area contributed by atoms with Crippen molar-refractivity contribution >= 4 is 23.1 Å². The fourth-order valence-corrected chi connectivity index (χ4v) is 7.95. The van der Waals surface area contributed by atoms with Gasteiger partial charge in [-0.25, -0.2) is 28.2 Å². The van der Waals surface area contributed by atoms with Crippen molar-refractivity contribution in [2.75, 3.05) is 60.6 Å². The summed E-state index contributed by atoms with van der Waals surface area (Å²) in [5.74, 6) is -0.618. The first-order valence-electron chi connectivity index (χ1n) is 19.2. The van der Waals surface area contributed by atoms with Crippen LogP contribution in [0.1, 0.15) is 32.3 Å². The number of carbonyl (C=O) groups is 1. The van der Waals surface area contributed by atoms with Gasteiger partial charge in [0.05, 0.1) is 25.9 Å². The molecular formula is C41H46F2N8O6. The average molecular weight is 785 g/mol. The van der Waals surface area contributed by atoms with Crippen molar-refractivity contribution in [2.45, 2.75) is 56.9 Å². The maximum Gasteiger partial charge on any atom is 0.327 e. The first-order chi connectivity index (χ1) is 27.6. The summed E-state index contributed by atoms with van der Waals surface area (Å²) >= 11 is 0. The second-order valence-corrected chi connectivity index (χ2v) is 15.0.